The Balaban J connectivity index is 1.81. The van der Waals surface area contributed by atoms with Crippen LogP contribution in [0.5, 0.6) is 0 Å². The first-order valence-corrected chi connectivity index (χ1v) is 7.94. The molecule has 0 aliphatic carbocycles. The molecule has 2 N–H and O–H groups in total. The van der Waals surface area contributed by atoms with Crippen LogP contribution in [0.3, 0.4) is 0 Å². The topological polar surface area (TPSA) is 84.1 Å². The number of benzene rings is 1. The van der Waals surface area contributed by atoms with Crippen molar-refractivity contribution in [2.24, 2.45) is 0 Å². The summed E-state index contributed by atoms with van der Waals surface area (Å²) in [5.41, 5.74) is 3.92. The van der Waals surface area contributed by atoms with E-state index < -0.39 is 5.97 Å². The predicted octanol–water partition coefficient (Wildman–Crippen LogP) is 3.23. The van der Waals surface area contributed by atoms with Gasteiger partial charge in [-0.15, -0.1) is 0 Å². The molecule has 0 saturated heterocycles. The highest BCUT2D eigenvalue weighted by atomic mass is 16.5. The van der Waals surface area contributed by atoms with Crippen LogP contribution in [0.15, 0.2) is 42.7 Å². The third-order valence-electron chi connectivity index (χ3n) is 4.10. The van der Waals surface area contributed by atoms with E-state index in [1.807, 2.05) is 18.3 Å². The monoisotopic (exact) mass is 333 g/mol. The number of nitrogens with zero attached hydrogens (tertiary/aromatic N) is 1. The third-order valence-corrected chi connectivity index (χ3v) is 4.10. The molecule has 3 heterocycles. The van der Waals surface area contributed by atoms with Crippen molar-refractivity contribution in [2.75, 3.05) is 11.9 Å². The van der Waals surface area contributed by atoms with Crippen molar-refractivity contribution >= 4 is 40.2 Å². The van der Waals surface area contributed by atoms with E-state index in [9.17, 15) is 9.59 Å². The molecular formula is C19H15N3O3. The first-order valence-electron chi connectivity index (χ1n) is 7.94. The Morgan fingerprint density at radius 1 is 1.32 bits per heavy atom. The molecule has 6 heteroatoms. The first-order chi connectivity index (χ1) is 12.2. The van der Waals surface area contributed by atoms with Gasteiger partial charge in [0.05, 0.1) is 12.2 Å². The Labute approximate surface area is 143 Å². The predicted molar refractivity (Wildman–Crippen MR) is 95.0 cm³/mol. The summed E-state index contributed by atoms with van der Waals surface area (Å²) >= 11 is 0. The third kappa shape index (κ3) is 2.57. The summed E-state index contributed by atoms with van der Waals surface area (Å²) in [7, 11) is 0. The van der Waals surface area contributed by atoms with Gasteiger partial charge in [0, 0.05) is 40.2 Å². The molecule has 1 aliphatic heterocycles. The Morgan fingerprint density at radius 2 is 2.20 bits per heavy atom. The number of rotatable bonds is 3. The van der Waals surface area contributed by atoms with Gasteiger partial charge in [-0.05, 0) is 43.3 Å². The van der Waals surface area contributed by atoms with Gasteiger partial charge in [0.1, 0.15) is 5.65 Å². The van der Waals surface area contributed by atoms with Crippen molar-refractivity contribution in [3.05, 3.63) is 59.4 Å². The molecule has 3 aromatic rings. The lowest BCUT2D eigenvalue weighted by Gasteiger charge is -2.04. The summed E-state index contributed by atoms with van der Waals surface area (Å²) in [5.74, 6) is -0.602. The van der Waals surface area contributed by atoms with Crippen molar-refractivity contribution in [3.8, 4) is 0 Å². The molecule has 1 aromatic carbocycles. The van der Waals surface area contributed by atoms with Crippen LogP contribution in [0.1, 0.15) is 28.4 Å². The van der Waals surface area contributed by atoms with E-state index >= 15 is 0 Å². The van der Waals surface area contributed by atoms with Gasteiger partial charge in [0.15, 0.2) is 0 Å². The summed E-state index contributed by atoms with van der Waals surface area (Å²) in [6, 6.07) is 8.84. The minimum atomic E-state index is -0.403. The Hall–Kier alpha value is -3.41. The van der Waals surface area contributed by atoms with Gasteiger partial charge in [0.2, 0.25) is 0 Å². The Bertz CT molecular complexity index is 1030. The van der Waals surface area contributed by atoms with Crippen LogP contribution in [0, 0.1) is 0 Å². The number of hydrogen-bond donors (Lipinski definition) is 2. The maximum Gasteiger partial charge on any atom is 0.338 e. The van der Waals surface area contributed by atoms with Crippen molar-refractivity contribution in [3.63, 3.8) is 0 Å². The number of nitrogens with one attached hydrogen (secondary N) is 2. The van der Waals surface area contributed by atoms with E-state index in [-0.39, 0.29) is 5.91 Å². The minimum absolute atomic E-state index is 0.200. The van der Waals surface area contributed by atoms with Crippen LogP contribution < -0.4 is 5.32 Å². The molecule has 0 bridgehead atoms. The second-order valence-corrected chi connectivity index (χ2v) is 5.64. The van der Waals surface area contributed by atoms with Gasteiger partial charge < -0.3 is 15.0 Å². The van der Waals surface area contributed by atoms with Crippen LogP contribution >= 0.6 is 0 Å². The van der Waals surface area contributed by atoms with Crippen LogP contribution in [0.25, 0.3) is 22.7 Å². The minimum Gasteiger partial charge on any atom is -0.462 e. The summed E-state index contributed by atoms with van der Waals surface area (Å²) < 4.78 is 5.04. The molecule has 4 rings (SSSR count). The summed E-state index contributed by atoms with van der Waals surface area (Å²) in [6.45, 7) is 2.06. The number of aromatic amines is 1. The second kappa shape index (κ2) is 5.90. The fourth-order valence-electron chi connectivity index (χ4n) is 2.92. The summed E-state index contributed by atoms with van der Waals surface area (Å²) in [4.78, 5) is 31.7. The van der Waals surface area contributed by atoms with E-state index in [4.69, 9.17) is 4.74 Å². The fraction of sp³-hybridized carbons (Fsp3) is 0.105. The Kier molecular flexibility index (Phi) is 3.57. The highest BCUT2D eigenvalue weighted by Crippen LogP contribution is 2.34. The molecule has 25 heavy (non-hydrogen) atoms. The number of carbonyl (C=O) groups excluding carboxylic acids is 2. The fourth-order valence-corrected chi connectivity index (χ4v) is 2.92. The number of hydrogen-bond acceptors (Lipinski definition) is 4. The Morgan fingerprint density at radius 3 is 3.04 bits per heavy atom. The summed E-state index contributed by atoms with van der Waals surface area (Å²) in [5, 5.41) is 3.75. The average molecular weight is 333 g/mol. The van der Waals surface area contributed by atoms with Gasteiger partial charge in [-0.3, -0.25) is 4.79 Å². The van der Waals surface area contributed by atoms with Crippen molar-refractivity contribution in [1.82, 2.24) is 9.97 Å². The van der Waals surface area contributed by atoms with E-state index in [1.165, 1.54) is 0 Å². The van der Waals surface area contributed by atoms with Crippen molar-refractivity contribution < 1.29 is 14.3 Å². The van der Waals surface area contributed by atoms with Gasteiger partial charge >= 0.3 is 5.97 Å². The van der Waals surface area contributed by atoms with Crippen LogP contribution in [0.2, 0.25) is 0 Å². The van der Waals surface area contributed by atoms with Gasteiger partial charge in [-0.25, -0.2) is 9.78 Å². The molecule has 1 aliphatic rings. The average Bonchev–Trinajstić information content (AvgIpc) is 3.16. The molecule has 1 amide bonds. The molecular weight excluding hydrogens is 318 g/mol. The van der Waals surface area contributed by atoms with E-state index in [2.05, 4.69) is 15.3 Å². The molecule has 0 unspecified atom stereocenters. The molecule has 0 atom stereocenters. The number of carbonyl (C=O) groups is 2. The first kappa shape index (κ1) is 15.1. The number of pyridine rings is 1. The second-order valence-electron chi connectivity index (χ2n) is 5.64. The van der Waals surface area contributed by atoms with Crippen molar-refractivity contribution in [2.45, 2.75) is 6.92 Å². The quantitative estimate of drug-likeness (QED) is 0.569. The van der Waals surface area contributed by atoms with Crippen LogP contribution in [-0.2, 0) is 9.53 Å². The zero-order valence-corrected chi connectivity index (χ0v) is 13.5. The number of anilines is 1. The lowest BCUT2D eigenvalue weighted by Crippen LogP contribution is -2.04. The van der Waals surface area contributed by atoms with Crippen LogP contribution in [0.4, 0.5) is 5.69 Å². The number of H-pyrrole nitrogens is 1. The van der Waals surface area contributed by atoms with Crippen LogP contribution in [-0.4, -0.2) is 28.5 Å². The molecule has 0 saturated carbocycles. The maximum absolute atomic E-state index is 12.4. The molecule has 2 aromatic heterocycles. The smallest absolute Gasteiger partial charge is 0.338 e. The number of fused-ring (bicyclic) bond motifs is 2. The molecule has 124 valence electrons. The highest BCUT2D eigenvalue weighted by molar-refractivity contribution is 6.35. The largest absolute Gasteiger partial charge is 0.462 e. The summed E-state index contributed by atoms with van der Waals surface area (Å²) in [6.07, 6.45) is 5.32. The molecule has 0 spiro atoms. The van der Waals surface area contributed by atoms with E-state index in [1.54, 1.807) is 37.4 Å². The number of aromatic nitrogens is 2. The lowest BCUT2D eigenvalue weighted by molar-refractivity contribution is -0.110. The number of esters is 1. The SMILES string of the molecule is CCOC(=O)c1ccc2c(c1)C(=Cc1c[nH]c3ncccc13)C(=O)N2. The van der Waals surface area contributed by atoms with Gasteiger partial charge in [-0.2, -0.15) is 0 Å². The van der Waals surface area contributed by atoms with E-state index in [0.29, 0.717) is 29.0 Å². The zero-order valence-electron chi connectivity index (χ0n) is 13.5. The standard InChI is InChI=1S/C19H15N3O3/c1-2-25-19(24)11-5-6-16-14(8-11)15(18(23)22-16)9-12-10-21-17-13(12)4-3-7-20-17/h3-10H,2H2,1H3,(H,20,21)(H,22,23). The molecule has 6 nitrogen and oxygen atoms in total. The van der Waals surface area contributed by atoms with E-state index in [0.717, 1.165) is 16.6 Å². The zero-order chi connectivity index (χ0) is 17.4. The lowest BCUT2D eigenvalue weighted by atomic mass is 10.0. The molecule has 0 fully saturated rings. The highest BCUT2D eigenvalue weighted by Gasteiger charge is 2.25. The number of ether oxygens (including phenoxy) is 1. The number of amides is 1. The van der Waals surface area contributed by atoms with Crippen molar-refractivity contribution in [1.29, 1.82) is 0 Å². The normalized spacial score (nSPS) is 14.6. The maximum atomic E-state index is 12.4. The molecule has 0 radical (unpaired) electrons. The van der Waals surface area contributed by atoms with Gasteiger partial charge in [-0.1, -0.05) is 0 Å². The van der Waals surface area contributed by atoms with Gasteiger partial charge in [0.25, 0.3) is 5.91 Å².